The molecule has 0 heterocycles. The second-order valence-corrected chi connectivity index (χ2v) is 4.95. The first-order valence-corrected chi connectivity index (χ1v) is 6.26. The van der Waals surface area contributed by atoms with Gasteiger partial charge in [-0.2, -0.15) is 0 Å². The minimum Gasteiger partial charge on any atom is -0.206 e. The maximum Gasteiger partial charge on any atom is 0.266 e. The van der Waals surface area contributed by atoms with E-state index in [-0.39, 0.29) is 15.1 Å². The van der Waals surface area contributed by atoms with Crippen LogP contribution in [0.4, 0.5) is 13.2 Å². The molecular formula is C13H6Cl3F3. The summed E-state index contributed by atoms with van der Waals surface area (Å²) in [6.45, 7) is 0. The number of rotatable bonds is 2. The number of halogens is 6. The van der Waals surface area contributed by atoms with Gasteiger partial charge in [0.05, 0.1) is 15.6 Å². The predicted molar refractivity (Wildman–Crippen MR) is 71.8 cm³/mol. The van der Waals surface area contributed by atoms with Crippen molar-refractivity contribution in [2.24, 2.45) is 0 Å². The van der Waals surface area contributed by atoms with Crippen LogP contribution in [0.5, 0.6) is 0 Å². The molecule has 100 valence electrons. The van der Waals surface area contributed by atoms with Crippen LogP contribution in [0.2, 0.25) is 15.1 Å². The lowest BCUT2D eigenvalue weighted by Crippen LogP contribution is -1.92. The summed E-state index contributed by atoms with van der Waals surface area (Å²) >= 11 is 17.8. The van der Waals surface area contributed by atoms with Crippen LogP contribution in [0.1, 0.15) is 12.0 Å². The minimum absolute atomic E-state index is 0.151. The fraction of sp³-hybridized carbons (Fsp3) is 0.0769. The van der Waals surface area contributed by atoms with Gasteiger partial charge in [0.2, 0.25) is 0 Å². The number of alkyl halides is 2. The molecule has 0 spiro atoms. The highest BCUT2D eigenvalue weighted by Gasteiger charge is 2.17. The zero-order valence-corrected chi connectivity index (χ0v) is 11.5. The summed E-state index contributed by atoms with van der Waals surface area (Å²) in [5, 5.41) is 0.663. The van der Waals surface area contributed by atoms with E-state index < -0.39 is 17.8 Å². The third-order valence-corrected chi connectivity index (χ3v) is 3.69. The Kier molecular flexibility index (Phi) is 4.29. The molecule has 0 bridgehead atoms. The van der Waals surface area contributed by atoms with E-state index in [1.54, 1.807) is 0 Å². The van der Waals surface area contributed by atoms with Gasteiger partial charge in [-0.25, -0.2) is 13.2 Å². The molecule has 0 saturated carbocycles. The fourth-order valence-electron chi connectivity index (χ4n) is 1.65. The van der Waals surface area contributed by atoms with Crippen molar-refractivity contribution in [2.45, 2.75) is 6.43 Å². The molecular weight excluding hydrogens is 319 g/mol. The Hall–Kier alpha value is -0.900. The number of hydrogen-bond donors (Lipinski definition) is 0. The van der Waals surface area contributed by atoms with Crippen LogP contribution in [-0.2, 0) is 0 Å². The van der Waals surface area contributed by atoms with Crippen LogP contribution in [0, 0.1) is 5.82 Å². The van der Waals surface area contributed by atoms with Gasteiger partial charge in [0.25, 0.3) is 6.43 Å². The first kappa shape index (κ1) is 14.5. The van der Waals surface area contributed by atoms with E-state index in [0.717, 1.165) is 12.1 Å². The normalized spacial score (nSPS) is 11.1. The monoisotopic (exact) mass is 324 g/mol. The summed E-state index contributed by atoms with van der Waals surface area (Å²) in [7, 11) is 0. The molecule has 0 aliphatic heterocycles. The Morgan fingerprint density at radius 3 is 2.11 bits per heavy atom. The van der Waals surface area contributed by atoms with Gasteiger partial charge in [-0.3, -0.25) is 0 Å². The highest BCUT2D eigenvalue weighted by atomic mass is 35.5. The summed E-state index contributed by atoms with van der Waals surface area (Å²) in [5.41, 5.74) is -0.0621. The van der Waals surface area contributed by atoms with Crippen molar-refractivity contribution in [2.75, 3.05) is 0 Å². The van der Waals surface area contributed by atoms with Crippen LogP contribution in [0.3, 0.4) is 0 Å². The highest BCUT2D eigenvalue weighted by Crippen LogP contribution is 2.39. The van der Waals surface area contributed by atoms with Crippen molar-refractivity contribution in [3.05, 3.63) is 56.8 Å². The Labute approximate surface area is 122 Å². The third kappa shape index (κ3) is 2.83. The number of hydrogen-bond acceptors (Lipinski definition) is 0. The van der Waals surface area contributed by atoms with Crippen LogP contribution in [0.25, 0.3) is 11.1 Å². The van der Waals surface area contributed by atoms with E-state index in [2.05, 4.69) is 0 Å². The van der Waals surface area contributed by atoms with E-state index in [4.69, 9.17) is 34.8 Å². The molecule has 19 heavy (non-hydrogen) atoms. The molecule has 0 aliphatic rings. The average molecular weight is 326 g/mol. The molecule has 0 saturated heterocycles. The zero-order valence-electron chi connectivity index (χ0n) is 9.23. The zero-order chi connectivity index (χ0) is 14.2. The van der Waals surface area contributed by atoms with Gasteiger partial charge >= 0.3 is 0 Å². The highest BCUT2D eigenvalue weighted by molar-refractivity contribution is 6.46. The lowest BCUT2D eigenvalue weighted by Gasteiger charge is -2.10. The quantitative estimate of drug-likeness (QED) is 0.561. The SMILES string of the molecule is Fc1cc(-c2c(Cl)ccc(Cl)c2Cl)ccc1C(F)F. The van der Waals surface area contributed by atoms with E-state index in [9.17, 15) is 13.2 Å². The second kappa shape index (κ2) is 5.61. The average Bonchev–Trinajstić information content (AvgIpc) is 2.34. The lowest BCUT2D eigenvalue weighted by atomic mass is 10.0. The molecule has 0 N–H and O–H groups in total. The van der Waals surface area contributed by atoms with Crippen molar-refractivity contribution < 1.29 is 13.2 Å². The fourth-order valence-corrected chi connectivity index (χ4v) is 2.40. The van der Waals surface area contributed by atoms with Crippen LogP contribution < -0.4 is 0 Å². The summed E-state index contributed by atoms with van der Waals surface area (Å²) in [6.07, 6.45) is -2.88. The molecule has 0 aliphatic carbocycles. The van der Waals surface area contributed by atoms with Crippen LogP contribution >= 0.6 is 34.8 Å². The Morgan fingerprint density at radius 1 is 0.895 bits per heavy atom. The third-order valence-electron chi connectivity index (χ3n) is 2.57. The molecule has 0 aromatic heterocycles. The van der Waals surface area contributed by atoms with Crippen molar-refractivity contribution in [3.63, 3.8) is 0 Å². The van der Waals surface area contributed by atoms with Crippen molar-refractivity contribution in [1.82, 2.24) is 0 Å². The largest absolute Gasteiger partial charge is 0.266 e. The predicted octanol–water partition coefficient (Wildman–Crippen LogP) is 6.39. The molecule has 0 atom stereocenters. The van der Waals surface area contributed by atoms with Crippen molar-refractivity contribution in [1.29, 1.82) is 0 Å². The minimum atomic E-state index is -2.88. The second-order valence-electron chi connectivity index (χ2n) is 3.76. The standard InChI is InChI=1S/C13H6Cl3F3/c14-8-3-4-9(15)12(16)11(8)6-1-2-7(13(18)19)10(17)5-6/h1-5,13H. The molecule has 6 heteroatoms. The molecule has 0 amide bonds. The van der Waals surface area contributed by atoms with Gasteiger partial charge in [0.15, 0.2) is 0 Å². The number of benzene rings is 2. The van der Waals surface area contributed by atoms with E-state index in [1.165, 1.54) is 18.2 Å². The summed E-state index contributed by atoms with van der Waals surface area (Å²) in [6, 6.07) is 6.30. The van der Waals surface area contributed by atoms with Gasteiger partial charge in [0, 0.05) is 10.6 Å². The van der Waals surface area contributed by atoms with Crippen molar-refractivity contribution >= 4 is 34.8 Å². The molecule has 0 radical (unpaired) electrons. The van der Waals surface area contributed by atoms with Gasteiger partial charge in [-0.1, -0.05) is 40.9 Å². The molecule has 0 nitrogen and oxygen atoms in total. The molecule has 0 fully saturated rings. The first-order valence-electron chi connectivity index (χ1n) is 5.13. The summed E-state index contributed by atoms with van der Waals surface area (Å²) in [5.74, 6) is -1.01. The summed E-state index contributed by atoms with van der Waals surface area (Å²) in [4.78, 5) is 0. The van der Waals surface area contributed by atoms with E-state index in [1.807, 2.05) is 0 Å². The van der Waals surface area contributed by atoms with Gasteiger partial charge in [-0.15, -0.1) is 0 Å². The van der Waals surface area contributed by atoms with Crippen LogP contribution in [-0.4, -0.2) is 0 Å². The Balaban J connectivity index is 2.61. The molecule has 2 aromatic rings. The van der Waals surface area contributed by atoms with E-state index >= 15 is 0 Å². The first-order chi connectivity index (χ1) is 8.91. The van der Waals surface area contributed by atoms with Gasteiger partial charge in [-0.05, 0) is 29.8 Å². The Bertz CT molecular complexity index is 627. The smallest absolute Gasteiger partial charge is 0.206 e. The molecule has 2 rings (SSSR count). The summed E-state index contributed by atoms with van der Waals surface area (Å²) < 4.78 is 38.5. The van der Waals surface area contributed by atoms with Gasteiger partial charge in [0.1, 0.15) is 5.82 Å². The lowest BCUT2D eigenvalue weighted by molar-refractivity contribution is 0.146. The Morgan fingerprint density at radius 2 is 1.53 bits per heavy atom. The molecule has 2 aromatic carbocycles. The molecule has 0 unspecified atom stereocenters. The van der Waals surface area contributed by atoms with Gasteiger partial charge < -0.3 is 0 Å². The van der Waals surface area contributed by atoms with Crippen LogP contribution in [0.15, 0.2) is 30.3 Å². The maximum absolute atomic E-state index is 13.6. The van der Waals surface area contributed by atoms with Crippen molar-refractivity contribution in [3.8, 4) is 11.1 Å². The maximum atomic E-state index is 13.6. The topological polar surface area (TPSA) is 0 Å². The van der Waals surface area contributed by atoms with E-state index in [0.29, 0.717) is 11.1 Å².